The van der Waals surface area contributed by atoms with Gasteiger partial charge in [0.25, 0.3) is 11.8 Å². The Morgan fingerprint density at radius 2 is 1.70 bits per heavy atom. The molecule has 0 radical (unpaired) electrons. The first-order valence-electron chi connectivity index (χ1n) is 10.2. The lowest BCUT2D eigenvalue weighted by molar-refractivity contribution is 0.0697. The molecule has 0 atom stereocenters. The third-order valence-electron chi connectivity index (χ3n) is 5.52. The van der Waals surface area contributed by atoms with Gasteiger partial charge in [-0.05, 0) is 31.5 Å². The Morgan fingerprint density at radius 1 is 0.967 bits per heavy atom. The molecule has 2 amide bonds. The minimum atomic E-state index is -0.150. The fourth-order valence-electron chi connectivity index (χ4n) is 3.99. The zero-order chi connectivity index (χ0) is 21.1. The largest absolute Gasteiger partial charge is 0.451 e. The Hall–Kier alpha value is -3.12. The summed E-state index contributed by atoms with van der Waals surface area (Å²) in [7, 11) is 1.61. The van der Waals surface area contributed by atoms with Crippen LogP contribution in [-0.4, -0.2) is 54.9 Å². The number of methoxy groups -OCH3 is 1. The summed E-state index contributed by atoms with van der Waals surface area (Å²) in [6.07, 6.45) is 0.725. The topological polar surface area (TPSA) is 63.0 Å². The molecule has 0 saturated carbocycles. The first-order valence-corrected chi connectivity index (χ1v) is 10.2. The van der Waals surface area contributed by atoms with E-state index in [4.69, 9.17) is 9.15 Å². The van der Waals surface area contributed by atoms with Crippen LogP contribution in [0, 0.1) is 6.92 Å². The van der Waals surface area contributed by atoms with Gasteiger partial charge in [0.05, 0.1) is 6.61 Å². The molecule has 0 unspecified atom stereocenters. The Balaban J connectivity index is 1.52. The highest BCUT2D eigenvalue weighted by molar-refractivity contribution is 5.99. The number of carbonyl (C=O) groups is 2. The van der Waals surface area contributed by atoms with Gasteiger partial charge in [-0.3, -0.25) is 9.59 Å². The number of ether oxygens (including phenoxy) is 1. The van der Waals surface area contributed by atoms with E-state index in [-0.39, 0.29) is 11.8 Å². The van der Waals surface area contributed by atoms with Crippen molar-refractivity contribution >= 4 is 22.8 Å². The lowest BCUT2D eigenvalue weighted by atomic mass is 10.1. The fourth-order valence-corrected chi connectivity index (χ4v) is 3.99. The van der Waals surface area contributed by atoms with Gasteiger partial charge in [-0.2, -0.15) is 0 Å². The fraction of sp³-hybridized carbons (Fsp3) is 0.333. The van der Waals surface area contributed by atoms with E-state index >= 15 is 0 Å². The molecule has 0 bridgehead atoms. The molecule has 2 aromatic carbocycles. The zero-order valence-electron chi connectivity index (χ0n) is 17.4. The molecule has 0 spiro atoms. The summed E-state index contributed by atoms with van der Waals surface area (Å²) in [5, 5.41) is 0.897. The molecule has 1 aromatic heterocycles. The molecule has 30 heavy (non-hydrogen) atoms. The summed E-state index contributed by atoms with van der Waals surface area (Å²) >= 11 is 0. The summed E-state index contributed by atoms with van der Waals surface area (Å²) in [5.74, 6) is 0.191. The minimum absolute atomic E-state index is 0.0109. The number of rotatable bonds is 4. The Kier molecular flexibility index (Phi) is 5.86. The second-order valence-corrected chi connectivity index (χ2v) is 7.65. The molecule has 156 valence electrons. The second kappa shape index (κ2) is 8.71. The van der Waals surface area contributed by atoms with Crippen molar-refractivity contribution in [2.45, 2.75) is 20.0 Å². The van der Waals surface area contributed by atoms with Gasteiger partial charge in [0.2, 0.25) is 0 Å². The predicted octanol–water partition coefficient (Wildman–Crippen LogP) is 3.88. The van der Waals surface area contributed by atoms with Gasteiger partial charge < -0.3 is 19.0 Å². The molecule has 4 rings (SSSR count). The van der Waals surface area contributed by atoms with Crippen molar-refractivity contribution in [3.8, 4) is 0 Å². The predicted molar refractivity (Wildman–Crippen MR) is 115 cm³/mol. The smallest absolute Gasteiger partial charge is 0.290 e. The maximum Gasteiger partial charge on any atom is 0.290 e. The number of fused-ring (bicyclic) bond motifs is 1. The quantitative estimate of drug-likeness (QED) is 0.660. The van der Waals surface area contributed by atoms with Crippen LogP contribution in [0.1, 0.15) is 38.5 Å². The molecule has 0 N–H and O–H groups in total. The highest BCUT2D eigenvalue weighted by Crippen LogP contribution is 2.28. The van der Waals surface area contributed by atoms with Crippen LogP contribution in [0.3, 0.4) is 0 Å². The van der Waals surface area contributed by atoms with Crippen LogP contribution in [-0.2, 0) is 11.3 Å². The number of aryl methyl sites for hydroxylation is 1. The summed E-state index contributed by atoms with van der Waals surface area (Å²) in [6, 6.07) is 15.2. The molecule has 3 aromatic rings. The van der Waals surface area contributed by atoms with Crippen molar-refractivity contribution in [3.05, 3.63) is 71.0 Å². The van der Waals surface area contributed by atoms with E-state index in [2.05, 4.69) is 0 Å². The lowest BCUT2D eigenvalue weighted by Gasteiger charge is -2.22. The molecule has 1 saturated heterocycles. The third kappa shape index (κ3) is 3.96. The van der Waals surface area contributed by atoms with Gasteiger partial charge in [0, 0.05) is 49.8 Å². The number of nitrogens with zero attached hydrogens (tertiary/aromatic N) is 2. The van der Waals surface area contributed by atoms with E-state index in [1.54, 1.807) is 12.0 Å². The van der Waals surface area contributed by atoms with Gasteiger partial charge in [-0.1, -0.05) is 35.9 Å². The average Bonchev–Trinajstić information content (AvgIpc) is 2.94. The van der Waals surface area contributed by atoms with E-state index in [0.717, 1.165) is 22.9 Å². The first kappa shape index (κ1) is 20.2. The zero-order valence-corrected chi connectivity index (χ0v) is 17.4. The second-order valence-electron chi connectivity index (χ2n) is 7.65. The van der Waals surface area contributed by atoms with E-state index in [9.17, 15) is 9.59 Å². The van der Waals surface area contributed by atoms with Gasteiger partial charge >= 0.3 is 0 Å². The Bertz CT molecular complexity index is 1070. The summed E-state index contributed by atoms with van der Waals surface area (Å²) in [6.45, 7) is 4.47. The minimum Gasteiger partial charge on any atom is -0.451 e. The molecule has 1 aliphatic rings. The number of hydrogen-bond acceptors (Lipinski definition) is 4. The average molecular weight is 406 g/mol. The number of amides is 2. The van der Waals surface area contributed by atoms with Crippen LogP contribution in [0.2, 0.25) is 0 Å². The van der Waals surface area contributed by atoms with Crippen LogP contribution in [0.15, 0.2) is 52.9 Å². The van der Waals surface area contributed by atoms with Crippen LogP contribution in [0.25, 0.3) is 11.0 Å². The van der Waals surface area contributed by atoms with Gasteiger partial charge in [-0.15, -0.1) is 0 Å². The summed E-state index contributed by atoms with van der Waals surface area (Å²) < 4.78 is 11.2. The maximum atomic E-state index is 13.3. The molecule has 1 aliphatic heterocycles. The molecule has 2 heterocycles. The van der Waals surface area contributed by atoms with Crippen LogP contribution < -0.4 is 0 Å². The van der Waals surface area contributed by atoms with Crippen LogP contribution in [0.4, 0.5) is 0 Å². The molecule has 0 aliphatic carbocycles. The monoisotopic (exact) mass is 406 g/mol. The molecule has 6 nitrogen and oxygen atoms in total. The van der Waals surface area contributed by atoms with Crippen molar-refractivity contribution < 1.29 is 18.7 Å². The number of carbonyl (C=O) groups excluding carboxylic acids is 2. The highest BCUT2D eigenvalue weighted by Gasteiger charge is 2.28. The standard InChI is InChI=1S/C24H26N2O4/c1-17-7-5-8-18(15-17)23(27)25-11-6-12-26(14-13-25)24(28)22-20(16-29-2)19-9-3-4-10-21(19)30-22/h3-5,7-10,15H,6,11-14,16H2,1-2H3. The number of benzene rings is 2. The molecule has 1 fully saturated rings. The Morgan fingerprint density at radius 3 is 2.43 bits per heavy atom. The highest BCUT2D eigenvalue weighted by atomic mass is 16.5. The van der Waals surface area contributed by atoms with E-state index < -0.39 is 0 Å². The first-order chi connectivity index (χ1) is 14.6. The van der Waals surface area contributed by atoms with Crippen molar-refractivity contribution in [3.63, 3.8) is 0 Å². The van der Waals surface area contributed by atoms with E-state index in [0.29, 0.717) is 49.7 Å². The van der Waals surface area contributed by atoms with Gasteiger partial charge in [0.1, 0.15) is 5.58 Å². The number of hydrogen-bond donors (Lipinski definition) is 0. The molecular weight excluding hydrogens is 380 g/mol. The SMILES string of the molecule is COCc1c(C(=O)N2CCCN(C(=O)c3cccc(C)c3)CC2)oc2ccccc12. The maximum absolute atomic E-state index is 13.3. The van der Waals surface area contributed by atoms with Crippen molar-refractivity contribution in [2.24, 2.45) is 0 Å². The van der Waals surface area contributed by atoms with Crippen LogP contribution >= 0.6 is 0 Å². The third-order valence-corrected chi connectivity index (χ3v) is 5.52. The van der Waals surface area contributed by atoms with Crippen LogP contribution in [0.5, 0.6) is 0 Å². The number of para-hydroxylation sites is 1. The van der Waals surface area contributed by atoms with E-state index in [1.165, 1.54) is 0 Å². The summed E-state index contributed by atoms with van der Waals surface area (Å²) in [5.41, 5.74) is 3.20. The number of furan rings is 1. The summed E-state index contributed by atoms with van der Waals surface area (Å²) in [4.78, 5) is 29.8. The van der Waals surface area contributed by atoms with E-state index in [1.807, 2.05) is 60.4 Å². The van der Waals surface area contributed by atoms with Crippen molar-refractivity contribution in [1.29, 1.82) is 0 Å². The lowest BCUT2D eigenvalue weighted by Crippen LogP contribution is -2.37. The Labute approximate surface area is 176 Å². The molecular formula is C24H26N2O4. The van der Waals surface area contributed by atoms with Gasteiger partial charge in [-0.25, -0.2) is 0 Å². The normalized spacial score (nSPS) is 14.7. The van der Waals surface area contributed by atoms with Crippen molar-refractivity contribution in [2.75, 3.05) is 33.3 Å². The van der Waals surface area contributed by atoms with Gasteiger partial charge in [0.15, 0.2) is 5.76 Å². The molecule has 6 heteroatoms. The van der Waals surface area contributed by atoms with Crippen molar-refractivity contribution in [1.82, 2.24) is 9.80 Å².